The van der Waals surface area contributed by atoms with Crippen LogP contribution in [0.4, 0.5) is 10.2 Å². The number of hydrogen-bond acceptors (Lipinski definition) is 4. The fourth-order valence-corrected chi connectivity index (χ4v) is 3.02. The number of anilines is 1. The summed E-state index contributed by atoms with van der Waals surface area (Å²) in [5.41, 5.74) is 3.11. The van der Waals surface area contributed by atoms with Crippen LogP contribution in [0.1, 0.15) is 29.2 Å². The molecular formula is C20H19FN4O. The Kier molecular flexibility index (Phi) is 4.03. The van der Waals surface area contributed by atoms with Crippen LogP contribution in [0.15, 0.2) is 47.4 Å². The minimum Gasteiger partial charge on any atom is -0.367 e. The van der Waals surface area contributed by atoms with Crippen molar-refractivity contribution in [2.24, 2.45) is 0 Å². The molecule has 1 saturated carbocycles. The molecule has 0 aliphatic heterocycles. The first-order chi connectivity index (χ1) is 12.5. The Labute approximate surface area is 150 Å². The SMILES string of the molecule is Cc1nc(-c2ccc(N[C@@H]3C[C@H]3c3ccc(F)cc3)nc2)[nH]c(=O)c1C. The van der Waals surface area contributed by atoms with Crippen LogP contribution in [0.3, 0.4) is 0 Å². The van der Waals surface area contributed by atoms with Crippen LogP contribution >= 0.6 is 0 Å². The van der Waals surface area contributed by atoms with Gasteiger partial charge in [-0.2, -0.15) is 0 Å². The fraction of sp³-hybridized carbons (Fsp3) is 0.250. The zero-order valence-corrected chi connectivity index (χ0v) is 14.6. The summed E-state index contributed by atoms with van der Waals surface area (Å²) >= 11 is 0. The molecule has 132 valence electrons. The smallest absolute Gasteiger partial charge is 0.254 e. The van der Waals surface area contributed by atoms with Gasteiger partial charge < -0.3 is 10.3 Å². The highest BCUT2D eigenvalue weighted by atomic mass is 19.1. The molecule has 0 amide bonds. The van der Waals surface area contributed by atoms with Gasteiger partial charge in [0.2, 0.25) is 0 Å². The molecule has 6 heteroatoms. The van der Waals surface area contributed by atoms with E-state index in [4.69, 9.17) is 0 Å². The minimum atomic E-state index is -0.214. The normalized spacial score (nSPS) is 18.6. The molecule has 0 bridgehead atoms. The summed E-state index contributed by atoms with van der Waals surface area (Å²) in [4.78, 5) is 23.5. The second kappa shape index (κ2) is 6.37. The molecule has 1 aromatic carbocycles. The van der Waals surface area contributed by atoms with Crippen molar-refractivity contribution < 1.29 is 4.39 Å². The number of aromatic nitrogens is 3. The number of rotatable bonds is 4. The Bertz CT molecular complexity index is 996. The van der Waals surface area contributed by atoms with Gasteiger partial charge in [-0.05, 0) is 50.1 Å². The van der Waals surface area contributed by atoms with E-state index in [-0.39, 0.29) is 11.4 Å². The number of aromatic amines is 1. The number of benzene rings is 1. The third-order valence-electron chi connectivity index (χ3n) is 4.85. The largest absolute Gasteiger partial charge is 0.367 e. The Morgan fingerprint density at radius 2 is 1.92 bits per heavy atom. The number of nitrogens with one attached hydrogen (secondary N) is 2. The zero-order valence-electron chi connectivity index (χ0n) is 14.6. The van der Waals surface area contributed by atoms with E-state index in [9.17, 15) is 9.18 Å². The first-order valence-electron chi connectivity index (χ1n) is 8.57. The third kappa shape index (κ3) is 3.22. The summed E-state index contributed by atoms with van der Waals surface area (Å²) in [6.45, 7) is 3.57. The lowest BCUT2D eigenvalue weighted by molar-refractivity contribution is 0.627. The minimum absolute atomic E-state index is 0.130. The number of aryl methyl sites for hydroxylation is 1. The quantitative estimate of drug-likeness (QED) is 0.755. The molecule has 2 atom stereocenters. The van der Waals surface area contributed by atoms with Crippen LogP contribution in [0.25, 0.3) is 11.4 Å². The van der Waals surface area contributed by atoms with Gasteiger partial charge in [0.1, 0.15) is 17.5 Å². The molecule has 3 aromatic rings. The Morgan fingerprint density at radius 1 is 1.15 bits per heavy atom. The maximum atomic E-state index is 13.0. The van der Waals surface area contributed by atoms with Crippen LogP contribution in [0.5, 0.6) is 0 Å². The molecule has 4 rings (SSSR count). The summed E-state index contributed by atoms with van der Waals surface area (Å²) in [7, 11) is 0. The highest BCUT2D eigenvalue weighted by molar-refractivity contribution is 5.56. The number of halogens is 1. The highest BCUT2D eigenvalue weighted by Crippen LogP contribution is 2.42. The maximum Gasteiger partial charge on any atom is 0.254 e. The summed E-state index contributed by atoms with van der Waals surface area (Å²) in [5, 5.41) is 3.39. The molecule has 0 saturated heterocycles. The molecule has 1 aliphatic carbocycles. The van der Waals surface area contributed by atoms with Gasteiger partial charge in [-0.3, -0.25) is 4.79 Å². The molecule has 2 heterocycles. The van der Waals surface area contributed by atoms with Gasteiger partial charge in [0.05, 0.1) is 0 Å². The number of hydrogen-bond donors (Lipinski definition) is 2. The topological polar surface area (TPSA) is 70.7 Å². The predicted octanol–water partition coefficient (Wildman–Crippen LogP) is 3.56. The summed E-state index contributed by atoms with van der Waals surface area (Å²) in [6, 6.07) is 10.7. The molecular weight excluding hydrogens is 331 g/mol. The first-order valence-corrected chi connectivity index (χ1v) is 8.57. The standard InChI is InChI=1S/C20H19FN4O/c1-11-12(2)23-19(25-20(11)26)14-5-8-18(22-10-14)24-17-9-16(17)13-3-6-15(21)7-4-13/h3-8,10,16-17H,9H2,1-2H3,(H,22,24)(H,23,25,26)/t16-,17+/m0/s1. The molecule has 1 aliphatic rings. The number of pyridine rings is 1. The van der Waals surface area contributed by atoms with Crippen molar-refractivity contribution in [1.82, 2.24) is 15.0 Å². The first kappa shape index (κ1) is 16.4. The van der Waals surface area contributed by atoms with Crippen LogP contribution in [-0.2, 0) is 0 Å². The third-order valence-corrected chi connectivity index (χ3v) is 4.85. The van der Waals surface area contributed by atoms with E-state index < -0.39 is 0 Å². The molecule has 26 heavy (non-hydrogen) atoms. The van der Waals surface area contributed by atoms with Gasteiger partial charge >= 0.3 is 0 Å². The Morgan fingerprint density at radius 3 is 2.58 bits per heavy atom. The molecule has 0 radical (unpaired) electrons. The van der Waals surface area contributed by atoms with Crippen molar-refractivity contribution in [2.45, 2.75) is 32.2 Å². The van der Waals surface area contributed by atoms with Crippen molar-refractivity contribution in [1.29, 1.82) is 0 Å². The Balaban J connectivity index is 1.46. The van der Waals surface area contributed by atoms with Crippen LogP contribution < -0.4 is 10.9 Å². The molecule has 0 spiro atoms. The maximum absolute atomic E-state index is 13.0. The van der Waals surface area contributed by atoms with Crippen molar-refractivity contribution >= 4 is 5.82 Å². The summed E-state index contributed by atoms with van der Waals surface area (Å²) in [6.07, 6.45) is 2.70. The van der Waals surface area contributed by atoms with Crippen LogP contribution in [-0.4, -0.2) is 21.0 Å². The van der Waals surface area contributed by atoms with Gasteiger partial charge in [0.15, 0.2) is 0 Å². The van der Waals surface area contributed by atoms with Crippen molar-refractivity contribution in [2.75, 3.05) is 5.32 Å². The average Bonchev–Trinajstić information content (AvgIpc) is 3.39. The average molecular weight is 350 g/mol. The molecule has 2 aromatic heterocycles. The van der Waals surface area contributed by atoms with Crippen LogP contribution in [0.2, 0.25) is 0 Å². The van der Waals surface area contributed by atoms with Crippen LogP contribution in [0, 0.1) is 19.7 Å². The van der Waals surface area contributed by atoms with E-state index in [1.165, 1.54) is 12.1 Å². The second-order valence-corrected chi connectivity index (χ2v) is 6.70. The van der Waals surface area contributed by atoms with E-state index in [1.807, 2.05) is 31.2 Å². The van der Waals surface area contributed by atoms with E-state index in [1.54, 1.807) is 13.1 Å². The lowest BCUT2D eigenvalue weighted by atomic mass is 10.1. The molecule has 1 fully saturated rings. The summed E-state index contributed by atoms with van der Waals surface area (Å²) < 4.78 is 13.0. The number of H-pyrrole nitrogens is 1. The molecule has 0 unspecified atom stereocenters. The highest BCUT2D eigenvalue weighted by Gasteiger charge is 2.38. The van der Waals surface area contributed by atoms with Gasteiger partial charge in [-0.15, -0.1) is 0 Å². The van der Waals surface area contributed by atoms with Crippen molar-refractivity contribution in [3.05, 3.63) is 75.6 Å². The van der Waals surface area contributed by atoms with E-state index in [0.29, 0.717) is 29.0 Å². The monoisotopic (exact) mass is 350 g/mol. The fourth-order valence-electron chi connectivity index (χ4n) is 3.02. The summed E-state index contributed by atoms with van der Waals surface area (Å²) in [5.74, 6) is 1.46. The van der Waals surface area contributed by atoms with Gasteiger partial charge in [-0.1, -0.05) is 12.1 Å². The van der Waals surface area contributed by atoms with E-state index in [0.717, 1.165) is 23.4 Å². The zero-order chi connectivity index (χ0) is 18.3. The van der Waals surface area contributed by atoms with E-state index in [2.05, 4.69) is 20.3 Å². The van der Waals surface area contributed by atoms with Crippen molar-refractivity contribution in [3.8, 4) is 11.4 Å². The van der Waals surface area contributed by atoms with Crippen molar-refractivity contribution in [3.63, 3.8) is 0 Å². The number of nitrogens with zero attached hydrogens (tertiary/aromatic N) is 2. The molecule has 5 nitrogen and oxygen atoms in total. The van der Waals surface area contributed by atoms with Gasteiger partial charge in [-0.25, -0.2) is 14.4 Å². The van der Waals surface area contributed by atoms with E-state index >= 15 is 0 Å². The van der Waals surface area contributed by atoms with Gasteiger partial charge in [0.25, 0.3) is 5.56 Å². The predicted molar refractivity (Wildman–Crippen MR) is 98.7 cm³/mol. The molecule has 2 N–H and O–H groups in total. The Hall–Kier alpha value is -3.02. The lowest BCUT2D eigenvalue weighted by Crippen LogP contribution is -2.14. The second-order valence-electron chi connectivity index (χ2n) is 6.70. The lowest BCUT2D eigenvalue weighted by Gasteiger charge is -2.07. The van der Waals surface area contributed by atoms with Gasteiger partial charge in [0, 0.05) is 35.0 Å².